The highest BCUT2D eigenvalue weighted by Crippen LogP contribution is 2.66. The Morgan fingerprint density at radius 1 is 1.07 bits per heavy atom. The summed E-state index contributed by atoms with van der Waals surface area (Å²) in [6.45, 7) is -1.64. The molecule has 0 fully saturated rings. The Morgan fingerprint density at radius 3 is 2.29 bits per heavy atom. The van der Waals surface area contributed by atoms with E-state index >= 15 is 0 Å². The van der Waals surface area contributed by atoms with Gasteiger partial charge in [0.25, 0.3) is 5.91 Å². The lowest BCUT2D eigenvalue weighted by Gasteiger charge is -2.18. The van der Waals surface area contributed by atoms with Crippen LogP contribution in [0.15, 0.2) is 24.3 Å². The molecule has 1 aromatic carbocycles. The summed E-state index contributed by atoms with van der Waals surface area (Å²) < 4.78 is 62.3. The number of ether oxygens (including phenoxy) is 1. The van der Waals surface area contributed by atoms with Crippen LogP contribution in [0.3, 0.4) is 0 Å². The summed E-state index contributed by atoms with van der Waals surface area (Å²) in [5.41, 5.74) is 0.266. The molecule has 1 aromatic rings. The largest absolute Gasteiger partial charge is 0.490 e. The molecule has 28 heavy (non-hydrogen) atoms. The van der Waals surface area contributed by atoms with Gasteiger partial charge in [-0.25, -0.2) is 18.1 Å². The molecule has 0 aliphatic carbocycles. The van der Waals surface area contributed by atoms with Crippen LogP contribution in [-0.2, 0) is 36.4 Å². The Hall–Kier alpha value is -1.01. The molecule has 0 spiro atoms. The third-order valence-electron chi connectivity index (χ3n) is 2.69. The minimum Gasteiger partial charge on any atom is -0.369 e. The Bertz CT molecular complexity index is 829. The summed E-state index contributed by atoms with van der Waals surface area (Å²) in [4.78, 5) is 47.9. The number of amides is 1. The number of carbonyl (C=O) groups excluding carboxylic acids is 1. The molecule has 2 atom stereocenters. The highest BCUT2D eigenvalue weighted by atomic mass is 31.3. The minimum atomic E-state index is -5.59. The lowest BCUT2D eigenvalue weighted by Crippen LogP contribution is -2.30. The molecule has 0 heterocycles. The first-order chi connectivity index (χ1) is 12.7. The van der Waals surface area contributed by atoms with Crippen LogP contribution in [0.5, 0.6) is 0 Å². The SMILES string of the molecule is CN(C(=O)COCCOP(=O)(O)OP(=O)(O)OP(=O)(O)O)c1cccc(F)c1. The number of likely N-dealkylation sites (N-methyl/N-ethyl adjacent to an activating group) is 1. The summed E-state index contributed by atoms with van der Waals surface area (Å²) in [6.07, 6.45) is 0. The number of carbonyl (C=O) groups is 1. The van der Waals surface area contributed by atoms with Crippen LogP contribution in [0.1, 0.15) is 0 Å². The molecule has 160 valence electrons. The predicted octanol–water partition coefficient (Wildman–Crippen LogP) is 1.15. The van der Waals surface area contributed by atoms with Gasteiger partial charge in [-0.3, -0.25) is 9.32 Å². The van der Waals surface area contributed by atoms with E-state index in [1.807, 2.05) is 0 Å². The summed E-state index contributed by atoms with van der Waals surface area (Å²) in [6, 6.07) is 5.20. The molecule has 0 saturated carbocycles. The molecular weight excluding hydrogens is 450 g/mol. The molecule has 0 bridgehead atoms. The van der Waals surface area contributed by atoms with Gasteiger partial charge < -0.3 is 29.2 Å². The van der Waals surface area contributed by atoms with Crippen molar-refractivity contribution in [3.05, 3.63) is 30.1 Å². The van der Waals surface area contributed by atoms with Crippen molar-refractivity contribution >= 4 is 35.1 Å². The number of nitrogens with zero attached hydrogens (tertiary/aromatic N) is 1. The molecule has 0 radical (unpaired) electrons. The first kappa shape index (κ1) is 25.0. The quantitative estimate of drug-likeness (QED) is 0.269. The van der Waals surface area contributed by atoms with Gasteiger partial charge in [0.2, 0.25) is 0 Å². The second kappa shape index (κ2) is 10.1. The number of phosphoric ester groups is 1. The van der Waals surface area contributed by atoms with Crippen molar-refractivity contribution in [2.24, 2.45) is 0 Å². The van der Waals surface area contributed by atoms with E-state index in [4.69, 9.17) is 19.4 Å². The van der Waals surface area contributed by atoms with Crippen LogP contribution in [0, 0.1) is 5.82 Å². The topological polar surface area (TPSA) is 189 Å². The second-order valence-electron chi connectivity index (χ2n) is 4.91. The van der Waals surface area contributed by atoms with Crippen LogP contribution in [0.2, 0.25) is 0 Å². The van der Waals surface area contributed by atoms with E-state index in [-0.39, 0.29) is 5.69 Å². The zero-order valence-electron chi connectivity index (χ0n) is 14.2. The number of benzene rings is 1. The Balaban J connectivity index is 2.39. The highest BCUT2D eigenvalue weighted by molar-refractivity contribution is 7.66. The first-order valence-electron chi connectivity index (χ1n) is 7.09. The van der Waals surface area contributed by atoms with Crippen molar-refractivity contribution in [1.29, 1.82) is 0 Å². The number of halogens is 1. The summed E-state index contributed by atoms with van der Waals surface area (Å²) in [5.74, 6) is -1.13. The van der Waals surface area contributed by atoms with Gasteiger partial charge >= 0.3 is 23.5 Å². The van der Waals surface area contributed by atoms with E-state index in [1.165, 1.54) is 25.2 Å². The lowest BCUT2D eigenvalue weighted by atomic mass is 10.3. The maximum Gasteiger partial charge on any atom is 0.490 e. The minimum absolute atomic E-state index is 0.266. The third kappa shape index (κ3) is 9.97. The van der Waals surface area contributed by atoms with E-state index in [9.17, 15) is 27.8 Å². The molecule has 0 aromatic heterocycles. The van der Waals surface area contributed by atoms with Crippen LogP contribution in [0.4, 0.5) is 10.1 Å². The van der Waals surface area contributed by atoms with E-state index in [2.05, 4.69) is 13.1 Å². The van der Waals surface area contributed by atoms with Crippen molar-refractivity contribution < 1.29 is 60.3 Å². The van der Waals surface area contributed by atoms with E-state index in [0.717, 1.165) is 11.0 Å². The van der Waals surface area contributed by atoms with Gasteiger partial charge in [-0.1, -0.05) is 6.07 Å². The number of hydrogen-bond acceptors (Lipinski definition) is 8. The predicted molar refractivity (Wildman–Crippen MR) is 90.4 cm³/mol. The van der Waals surface area contributed by atoms with E-state index < -0.39 is 55.0 Å². The monoisotopic (exact) mass is 467 g/mol. The van der Waals surface area contributed by atoms with Crippen LogP contribution >= 0.6 is 23.5 Å². The molecule has 17 heteroatoms. The molecule has 1 rings (SSSR count). The van der Waals surface area contributed by atoms with Gasteiger partial charge in [0.1, 0.15) is 12.4 Å². The molecular formula is C11H17FNO12P3. The standard InChI is InChI=1S/C11H17FNO12P3/c1-13(10-4-2-3-9(12)7-10)11(14)8-22-5-6-23-27(18,19)25-28(20,21)24-26(15,16)17/h2-4,7H,5-6,8H2,1H3,(H,18,19)(H,20,21)(H2,15,16,17). The normalized spacial score (nSPS) is 16.2. The zero-order chi connectivity index (χ0) is 21.6. The van der Waals surface area contributed by atoms with Crippen molar-refractivity contribution in [3.8, 4) is 0 Å². The van der Waals surface area contributed by atoms with Crippen molar-refractivity contribution in [2.45, 2.75) is 0 Å². The Labute approximate surface area is 158 Å². The number of anilines is 1. The van der Waals surface area contributed by atoms with Gasteiger partial charge in [-0.15, -0.1) is 0 Å². The Morgan fingerprint density at radius 2 is 1.71 bits per heavy atom. The van der Waals surface area contributed by atoms with Gasteiger partial charge in [-0.2, -0.15) is 8.62 Å². The maximum atomic E-state index is 13.1. The van der Waals surface area contributed by atoms with Crippen molar-refractivity contribution in [3.63, 3.8) is 0 Å². The first-order valence-corrected chi connectivity index (χ1v) is 11.6. The second-order valence-corrected chi connectivity index (χ2v) is 9.33. The number of phosphoric acid groups is 3. The highest BCUT2D eigenvalue weighted by Gasteiger charge is 2.40. The number of hydrogen-bond donors (Lipinski definition) is 4. The van der Waals surface area contributed by atoms with Gasteiger partial charge in [0.15, 0.2) is 0 Å². The average Bonchev–Trinajstić information content (AvgIpc) is 2.49. The summed E-state index contributed by atoms with van der Waals surface area (Å²) in [7, 11) is -14.9. The fourth-order valence-corrected chi connectivity index (χ4v) is 4.60. The van der Waals surface area contributed by atoms with Crippen LogP contribution in [-0.4, -0.2) is 52.3 Å². The molecule has 1 amide bonds. The van der Waals surface area contributed by atoms with Crippen LogP contribution < -0.4 is 4.90 Å². The average molecular weight is 467 g/mol. The van der Waals surface area contributed by atoms with Crippen LogP contribution in [0.25, 0.3) is 0 Å². The van der Waals surface area contributed by atoms with Gasteiger partial charge in [0.05, 0.1) is 13.2 Å². The van der Waals surface area contributed by atoms with Gasteiger partial charge in [0, 0.05) is 12.7 Å². The molecule has 0 aliphatic rings. The molecule has 0 aliphatic heterocycles. The molecule has 0 saturated heterocycles. The fourth-order valence-electron chi connectivity index (χ4n) is 1.60. The van der Waals surface area contributed by atoms with Crippen molar-refractivity contribution in [1.82, 2.24) is 0 Å². The molecule has 2 unspecified atom stereocenters. The van der Waals surface area contributed by atoms with Crippen molar-refractivity contribution in [2.75, 3.05) is 31.8 Å². The zero-order valence-corrected chi connectivity index (χ0v) is 16.8. The van der Waals surface area contributed by atoms with Gasteiger partial charge in [-0.05, 0) is 18.2 Å². The Kier molecular flexibility index (Phi) is 9.07. The number of rotatable bonds is 11. The fraction of sp³-hybridized carbons (Fsp3) is 0.364. The lowest BCUT2D eigenvalue weighted by molar-refractivity contribution is -0.123. The summed E-state index contributed by atoms with van der Waals surface area (Å²) in [5, 5.41) is 0. The van der Waals surface area contributed by atoms with E-state index in [1.54, 1.807) is 0 Å². The maximum absolute atomic E-state index is 13.1. The molecule has 4 N–H and O–H groups in total. The summed E-state index contributed by atoms with van der Waals surface area (Å²) >= 11 is 0. The molecule has 13 nitrogen and oxygen atoms in total. The van der Waals surface area contributed by atoms with E-state index in [0.29, 0.717) is 0 Å². The smallest absolute Gasteiger partial charge is 0.369 e. The third-order valence-corrected chi connectivity index (χ3v) is 6.53.